The highest BCUT2D eigenvalue weighted by Gasteiger charge is 2.11. The topological polar surface area (TPSA) is 64.1 Å². The Morgan fingerprint density at radius 3 is 2.86 bits per heavy atom. The van der Waals surface area contributed by atoms with Crippen LogP contribution >= 0.6 is 0 Å². The van der Waals surface area contributed by atoms with E-state index in [9.17, 15) is 13.6 Å². The highest BCUT2D eigenvalue weighted by atomic mass is 19.1. The molecule has 2 rings (SSSR count). The van der Waals surface area contributed by atoms with Gasteiger partial charge in [0.2, 0.25) is 0 Å². The standard InChI is InChI=1S/C15H15F2N3O2/c1-10(6-12-8-18-4-5-19-12)20-15(21)9-22-14-3-2-11(16)7-13(14)17/h2-5,7-8,10H,6,9H2,1H3,(H,20,21)/t10-/m0/s1. The van der Waals surface area contributed by atoms with Gasteiger partial charge in [-0.05, 0) is 19.1 Å². The lowest BCUT2D eigenvalue weighted by molar-refractivity contribution is -0.123. The number of hydrogen-bond acceptors (Lipinski definition) is 4. The SMILES string of the molecule is C[C@@H](Cc1cnccn1)NC(=O)COc1ccc(F)cc1F. The average molecular weight is 307 g/mol. The molecule has 0 bridgehead atoms. The number of benzene rings is 1. The summed E-state index contributed by atoms with van der Waals surface area (Å²) in [7, 11) is 0. The van der Waals surface area contributed by atoms with Gasteiger partial charge in [-0.1, -0.05) is 0 Å². The number of rotatable bonds is 6. The second-order valence-electron chi connectivity index (χ2n) is 4.73. The molecule has 1 heterocycles. The van der Waals surface area contributed by atoms with Gasteiger partial charge in [0, 0.05) is 37.1 Å². The van der Waals surface area contributed by atoms with Gasteiger partial charge in [-0.25, -0.2) is 8.78 Å². The molecule has 0 saturated carbocycles. The Morgan fingerprint density at radius 1 is 1.36 bits per heavy atom. The quantitative estimate of drug-likeness (QED) is 0.885. The van der Waals surface area contributed by atoms with Crippen LogP contribution < -0.4 is 10.1 Å². The van der Waals surface area contributed by atoms with Gasteiger partial charge in [-0.15, -0.1) is 0 Å². The first-order chi connectivity index (χ1) is 10.5. The smallest absolute Gasteiger partial charge is 0.258 e. The molecular formula is C15H15F2N3O2. The molecule has 0 aliphatic carbocycles. The molecule has 1 N–H and O–H groups in total. The fraction of sp³-hybridized carbons (Fsp3) is 0.267. The molecule has 7 heteroatoms. The second kappa shape index (κ2) is 7.44. The number of nitrogens with one attached hydrogen (secondary N) is 1. The van der Waals surface area contributed by atoms with Crippen molar-refractivity contribution in [2.24, 2.45) is 0 Å². The van der Waals surface area contributed by atoms with E-state index in [2.05, 4.69) is 15.3 Å². The number of carbonyl (C=O) groups excluding carboxylic acids is 1. The van der Waals surface area contributed by atoms with Gasteiger partial charge in [0.15, 0.2) is 18.2 Å². The summed E-state index contributed by atoms with van der Waals surface area (Å²) in [6.45, 7) is 1.46. The zero-order chi connectivity index (χ0) is 15.9. The summed E-state index contributed by atoms with van der Waals surface area (Å²) in [5.74, 6) is -2.12. The van der Waals surface area contributed by atoms with Crippen molar-refractivity contribution in [3.05, 3.63) is 54.1 Å². The number of aromatic nitrogens is 2. The fourth-order valence-electron chi connectivity index (χ4n) is 1.85. The van der Waals surface area contributed by atoms with Crippen molar-refractivity contribution in [3.8, 4) is 5.75 Å². The summed E-state index contributed by atoms with van der Waals surface area (Å²) in [4.78, 5) is 19.8. The third-order valence-corrected chi connectivity index (χ3v) is 2.79. The van der Waals surface area contributed by atoms with Crippen LogP contribution in [0.1, 0.15) is 12.6 Å². The molecule has 1 aromatic carbocycles. The Labute approximate surface area is 126 Å². The zero-order valence-electron chi connectivity index (χ0n) is 11.9. The van der Waals surface area contributed by atoms with E-state index in [1.807, 2.05) is 6.92 Å². The fourth-order valence-corrected chi connectivity index (χ4v) is 1.85. The Morgan fingerprint density at radius 2 is 2.18 bits per heavy atom. The van der Waals surface area contributed by atoms with Crippen LogP contribution in [-0.4, -0.2) is 28.5 Å². The lowest BCUT2D eigenvalue weighted by Gasteiger charge is -2.14. The predicted molar refractivity (Wildman–Crippen MR) is 75.2 cm³/mol. The average Bonchev–Trinajstić information content (AvgIpc) is 2.47. The van der Waals surface area contributed by atoms with Crippen LogP contribution in [0.3, 0.4) is 0 Å². The monoisotopic (exact) mass is 307 g/mol. The summed E-state index contributed by atoms with van der Waals surface area (Å²) in [6, 6.07) is 2.73. The Bertz CT molecular complexity index is 638. The first-order valence-electron chi connectivity index (χ1n) is 6.66. The van der Waals surface area contributed by atoms with E-state index in [0.29, 0.717) is 12.5 Å². The molecular weight excluding hydrogens is 292 g/mol. The molecule has 1 atom stereocenters. The Kier molecular flexibility index (Phi) is 5.35. The molecule has 2 aromatic rings. The molecule has 0 saturated heterocycles. The molecule has 1 aromatic heterocycles. The van der Waals surface area contributed by atoms with Gasteiger partial charge in [-0.2, -0.15) is 0 Å². The number of hydrogen-bond donors (Lipinski definition) is 1. The van der Waals surface area contributed by atoms with Crippen molar-refractivity contribution in [3.63, 3.8) is 0 Å². The largest absolute Gasteiger partial charge is 0.481 e. The van der Waals surface area contributed by atoms with Crippen LogP contribution in [0.2, 0.25) is 0 Å². The molecule has 22 heavy (non-hydrogen) atoms. The number of halogens is 2. The zero-order valence-corrected chi connectivity index (χ0v) is 11.9. The first-order valence-corrected chi connectivity index (χ1v) is 6.66. The maximum atomic E-state index is 13.3. The van der Waals surface area contributed by atoms with E-state index in [4.69, 9.17) is 4.74 Å². The molecule has 0 aliphatic rings. The molecule has 1 amide bonds. The number of nitrogens with zero attached hydrogens (tertiary/aromatic N) is 2. The second-order valence-corrected chi connectivity index (χ2v) is 4.73. The summed E-state index contributed by atoms with van der Waals surface area (Å²) in [5, 5.41) is 2.70. The first kappa shape index (κ1) is 15.8. The van der Waals surface area contributed by atoms with Crippen molar-refractivity contribution < 1.29 is 18.3 Å². The molecule has 5 nitrogen and oxygen atoms in total. The van der Waals surface area contributed by atoms with Crippen LogP contribution in [0.5, 0.6) is 5.75 Å². The normalized spacial score (nSPS) is 11.8. The summed E-state index contributed by atoms with van der Waals surface area (Å²) < 4.78 is 31.1. The summed E-state index contributed by atoms with van der Waals surface area (Å²) in [5.41, 5.74) is 0.751. The van der Waals surface area contributed by atoms with Crippen molar-refractivity contribution in [1.29, 1.82) is 0 Å². The molecule has 0 unspecified atom stereocenters. The van der Waals surface area contributed by atoms with Gasteiger partial charge in [0.05, 0.1) is 5.69 Å². The van der Waals surface area contributed by atoms with Crippen LogP contribution in [0.15, 0.2) is 36.8 Å². The van der Waals surface area contributed by atoms with Gasteiger partial charge in [-0.3, -0.25) is 14.8 Å². The maximum Gasteiger partial charge on any atom is 0.258 e. The summed E-state index contributed by atoms with van der Waals surface area (Å²) in [6.07, 6.45) is 5.28. The van der Waals surface area contributed by atoms with Crippen LogP contribution in [0.25, 0.3) is 0 Å². The van der Waals surface area contributed by atoms with Gasteiger partial charge in [0.1, 0.15) is 5.82 Å². The van der Waals surface area contributed by atoms with Crippen LogP contribution in [0.4, 0.5) is 8.78 Å². The third-order valence-electron chi connectivity index (χ3n) is 2.79. The minimum atomic E-state index is -0.847. The number of ether oxygens (including phenoxy) is 1. The third kappa shape index (κ3) is 4.76. The van der Waals surface area contributed by atoms with Crippen LogP contribution in [-0.2, 0) is 11.2 Å². The van der Waals surface area contributed by atoms with E-state index in [-0.39, 0.29) is 18.4 Å². The van der Waals surface area contributed by atoms with Crippen molar-refractivity contribution >= 4 is 5.91 Å². The van der Waals surface area contributed by atoms with Gasteiger partial charge < -0.3 is 10.1 Å². The number of carbonyl (C=O) groups is 1. The molecule has 0 fully saturated rings. The van der Waals surface area contributed by atoms with E-state index in [0.717, 1.165) is 17.8 Å². The molecule has 0 radical (unpaired) electrons. The molecule has 116 valence electrons. The molecule has 0 spiro atoms. The maximum absolute atomic E-state index is 13.3. The summed E-state index contributed by atoms with van der Waals surface area (Å²) >= 11 is 0. The van der Waals surface area contributed by atoms with Crippen LogP contribution in [0, 0.1) is 11.6 Å². The highest BCUT2D eigenvalue weighted by Crippen LogP contribution is 2.17. The van der Waals surface area contributed by atoms with Gasteiger partial charge in [0.25, 0.3) is 5.91 Å². The van der Waals surface area contributed by atoms with Crippen molar-refractivity contribution in [2.45, 2.75) is 19.4 Å². The van der Waals surface area contributed by atoms with E-state index in [1.165, 1.54) is 0 Å². The Balaban J connectivity index is 1.80. The predicted octanol–water partition coefficient (Wildman–Crippen LogP) is 1.88. The van der Waals surface area contributed by atoms with Gasteiger partial charge >= 0.3 is 0 Å². The minimum absolute atomic E-state index is 0.168. The lowest BCUT2D eigenvalue weighted by atomic mass is 10.2. The van der Waals surface area contributed by atoms with Crippen molar-refractivity contribution in [2.75, 3.05) is 6.61 Å². The minimum Gasteiger partial charge on any atom is -0.481 e. The molecule has 0 aliphatic heterocycles. The Hall–Kier alpha value is -2.57. The van der Waals surface area contributed by atoms with E-state index < -0.39 is 17.5 Å². The van der Waals surface area contributed by atoms with E-state index >= 15 is 0 Å². The van der Waals surface area contributed by atoms with Crippen molar-refractivity contribution in [1.82, 2.24) is 15.3 Å². The van der Waals surface area contributed by atoms with E-state index in [1.54, 1.807) is 18.6 Å². The number of amides is 1. The highest BCUT2D eigenvalue weighted by molar-refractivity contribution is 5.77. The lowest BCUT2D eigenvalue weighted by Crippen LogP contribution is -2.37.